The molecule has 31 heavy (non-hydrogen) atoms. The first-order chi connectivity index (χ1) is 14.1. The highest BCUT2D eigenvalue weighted by atomic mass is 19.4. The van der Waals surface area contributed by atoms with Crippen molar-refractivity contribution in [1.82, 2.24) is 9.99 Å². The van der Waals surface area contributed by atoms with Gasteiger partial charge in [-0.1, -0.05) is 30.3 Å². The van der Waals surface area contributed by atoms with Crippen molar-refractivity contribution in [2.24, 2.45) is 7.05 Å². The normalized spacial score (nSPS) is 10.7. The Morgan fingerprint density at radius 3 is 1.77 bits per heavy atom. The maximum absolute atomic E-state index is 11.5. The monoisotopic (exact) mass is 458 g/mol. The molecular formula is C16H16F6N4O5. The van der Waals surface area contributed by atoms with E-state index in [2.05, 4.69) is 23.4 Å². The van der Waals surface area contributed by atoms with E-state index in [1.54, 1.807) is 4.57 Å². The zero-order valence-corrected chi connectivity index (χ0v) is 15.7. The van der Waals surface area contributed by atoms with Crippen LogP contribution in [0.15, 0.2) is 42.9 Å². The Labute approximate surface area is 170 Å². The van der Waals surface area contributed by atoms with Crippen LogP contribution in [0.1, 0.15) is 16.1 Å². The Kier molecular flexibility index (Phi) is 10.2. The number of carbonyl (C=O) groups excluding carboxylic acids is 3. The van der Waals surface area contributed by atoms with Gasteiger partial charge in [0.25, 0.3) is 0 Å². The first kappa shape index (κ1) is 27.4. The molecule has 4 N–H and O–H groups in total. The highest BCUT2D eigenvalue weighted by Crippen LogP contribution is 2.12. The number of carboxylic acid groups (broad SMARTS) is 2. The predicted molar refractivity (Wildman–Crippen MR) is 83.6 cm³/mol. The van der Waals surface area contributed by atoms with E-state index in [-0.39, 0.29) is 5.91 Å². The van der Waals surface area contributed by atoms with Crippen molar-refractivity contribution in [1.29, 1.82) is 0 Å². The number of aliphatic carboxylic acids is 2. The van der Waals surface area contributed by atoms with Crippen LogP contribution in [-0.2, 0) is 23.2 Å². The number of carbonyl (C=O) groups is 3. The van der Waals surface area contributed by atoms with Gasteiger partial charge in [0.2, 0.25) is 12.0 Å². The number of halogens is 6. The van der Waals surface area contributed by atoms with Crippen LogP contribution in [0.3, 0.4) is 0 Å². The highest BCUT2D eigenvalue weighted by molar-refractivity contribution is 5.90. The van der Waals surface area contributed by atoms with Crippen molar-refractivity contribution in [3.05, 3.63) is 54.1 Å². The number of nitrogens with one attached hydrogen (secondary N) is 1. The third kappa shape index (κ3) is 10.6. The quantitative estimate of drug-likeness (QED) is 0.306. The summed E-state index contributed by atoms with van der Waals surface area (Å²) in [6.45, 7) is 0.749. The summed E-state index contributed by atoms with van der Waals surface area (Å²) in [6, 6.07) is 10.1. The number of benzene rings is 1. The number of aromatic nitrogens is 2. The fraction of sp³-hybridized carbons (Fsp3) is 0.250. The molecule has 0 spiro atoms. The van der Waals surface area contributed by atoms with Crippen molar-refractivity contribution in [2.45, 2.75) is 18.9 Å². The number of amides is 1. The van der Waals surface area contributed by atoms with E-state index >= 15 is 0 Å². The highest BCUT2D eigenvalue weighted by Gasteiger charge is 2.29. The summed E-state index contributed by atoms with van der Waals surface area (Å²) in [5.74, 6) is -2.82. The van der Waals surface area contributed by atoms with Crippen molar-refractivity contribution >= 4 is 17.8 Å². The maximum atomic E-state index is 11.5. The van der Waals surface area contributed by atoms with E-state index < -0.39 is 24.3 Å². The lowest BCUT2D eigenvalue weighted by Crippen LogP contribution is -2.67. The van der Waals surface area contributed by atoms with Gasteiger partial charge in [-0.05, 0) is 5.56 Å². The molecule has 0 aliphatic heterocycles. The molecule has 0 unspecified atom stereocenters. The lowest BCUT2D eigenvalue weighted by molar-refractivity contribution is -0.687. The van der Waals surface area contributed by atoms with Gasteiger partial charge in [-0.3, -0.25) is 10.6 Å². The number of alkyl halides is 6. The Balaban J connectivity index is 0.000000536. The van der Waals surface area contributed by atoms with Gasteiger partial charge in [0.1, 0.15) is 24.7 Å². The molecule has 172 valence electrons. The van der Waals surface area contributed by atoms with Crippen molar-refractivity contribution in [3.63, 3.8) is 0 Å². The maximum Gasteiger partial charge on any atom is 0.430 e. The van der Waals surface area contributed by atoms with Gasteiger partial charge < -0.3 is 19.8 Å². The van der Waals surface area contributed by atoms with Crippen molar-refractivity contribution in [2.75, 3.05) is 0 Å². The van der Waals surface area contributed by atoms with Gasteiger partial charge in [-0.25, -0.2) is 9.13 Å². The minimum atomic E-state index is -5.19. The van der Waals surface area contributed by atoms with Crippen molar-refractivity contribution in [3.8, 4) is 0 Å². The fourth-order valence-electron chi connectivity index (χ4n) is 1.76. The first-order valence-corrected chi connectivity index (χ1v) is 7.82. The molecule has 0 saturated heterocycles. The third-order valence-electron chi connectivity index (χ3n) is 3.05. The topological polar surface area (TPSA) is 146 Å². The summed E-state index contributed by atoms with van der Waals surface area (Å²) >= 11 is 0. The molecule has 2 aromatic rings. The lowest BCUT2D eigenvalue weighted by Gasteiger charge is -2.03. The molecular weight excluding hydrogens is 442 g/mol. The van der Waals surface area contributed by atoms with E-state index in [1.807, 2.05) is 42.3 Å². The molecule has 15 heteroatoms. The minimum Gasteiger partial charge on any atom is -0.542 e. The average molecular weight is 458 g/mol. The molecule has 0 aliphatic carbocycles. The summed E-state index contributed by atoms with van der Waals surface area (Å²) in [7, 11) is 1.84. The molecule has 0 aliphatic rings. The Morgan fingerprint density at radius 1 is 1.00 bits per heavy atom. The summed E-state index contributed by atoms with van der Waals surface area (Å²) < 4.78 is 66.9. The van der Waals surface area contributed by atoms with E-state index in [9.17, 15) is 31.1 Å². The van der Waals surface area contributed by atoms with Crippen LogP contribution in [0.2, 0.25) is 0 Å². The van der Waals surface area contributed by atoms with Crippen LogP contribution in [-0.4, -0.2) is 34.8 Å². The van der Waals surface area contributed by atoms with Gasteiger partial charge in [0, 0.05) is 0 Å². The zero-order chi connectivity index (χ0) is 24.4. The third-order valence-corrected chi connectivity index (χ3v) is 3.05. The molecule has 0 atom stereocenters. The van der Waals surface area contributed by atoms with Gasteiger partial charge in [-0.15, -0.1) is 0 Å². The van der Waals surface area contributed by atoms with Crippen LogP contribution in [0, 0.1) is 0 Å². The van der Waals surface area contributed by atoms with Gasteiger partial charge >= 0.3 is 18.3 Å². The predicted octanol–water partition coefficient (Wildman–Crippen LogP) is -2.16. The van der Waals surface area contributed by atoms with Crippen molar-refractivity contribution < 1.29 is 61.3 Å². The number of nitrogens with zero attached hydrogens (tertiary/aromatic N) is 2. The van der Waals surface area contributed by atoms with Crippen LogP contribution < -0.4 is 26.0 Å². The molecule has 0 radical (unpaired) electrons. The molecule has 0 fully saturated rings. The summed E-state index contributed by atoms with van der Waals surface area (Å²) in [5, 5.41) is 17.6. The zero-order valence-electron chi connectivity index (χ0n) is 15.7. The molecule has 1 amide bonds. The number of quaternary nitrogens is 1. The lowest BCUT2D eigenvalue weighted by atomic mass is 10.2. The number of hydrogen-bond acceptors (Lipinski definition) is 5. The second-order valence-corrected chi connectivity index (χ2v) is 5.47. The molecule has 1 aromatic heterocycles. The van der Waals surface area contributed by atoms with Gasteiger partial charge in [-0.2, -0.15) is 31.8 Å². The smallest absolute Gasteiger partial charge is 0.430 e. The summed E-state index contributed by atoms with van der Waals surface area (Å²) in [6.07, 6.45) is -6.69. The van der Waals surface area contributed by atoms with E-state index in [0.29, 0.717) is 5.69 Å². The van der Waals surface area contributed by atoms with Crippen LogP contribution in [0.4, 0.5) is 26.3 Å². The Morgan fingerprint density at radius 2 is 1.42 bits per heavy atom. The second kappa shape index (κ2) is 11.5. The Bertz CT molecular complexity index is 857. The van der Waals surface area contributed by atoms with E-state index in [0.717, 1.165) is 6.54 Å². The SMILES string of the molecule is Cn1c[n+](Cc2ccccc2)cc1C(=O)N[NH3+].O=C([O-])C(F)(F)F.O=C([O-])C(F)(F)F. The minimum absolute atomic E-state index is 0.181. The van der Waals surface area contributed by atoms with Crippen LogP contribution in [0.5, 0.6) is 0 Å². The molecule has 0 saturated carbocycles. The molecule has 0 bridgehead atoms. The van der Waals surface area contributed by atoms with Gasteiger partial charge in [0.05, 0.1) is 7.05 Å². The number of carboxylic acids is 2. The molecule has 1 aromatic carbocycles. The number of aryl methyl sites for hydroxylation is 1. The first-order valence-electron chi connectivity index (χ1n) is 7.82. The number of hydrogen-bond donors (Lipinski definition) is 2. The molecule has 1 heterocycles. The van der Waals surface area contributed by atoms with Gasteiger partial charge in [0.15, 0.2) is 0 Å². The number of imidazole rings is 1. The molecule has 2 rings (SSSR count). The average Bonchev–Trinajstić information content (AvgIpc) is 3.01. The van der Waals surface area contributed by atoms with E-state index in [4.69, 9.17) is 19.8 Å². The van der Waals surface area contributed by atoms with E-state index in [1.165, 1.54) is 5.56 Å². The second-order valence-electron chi connectivity index (χ2n) is 5.47. The summed E-state index contributed by atoms with van der Waals surface area (Å²) in [4.78, 5) is 29.1. The standard InChI is InChI=1S/C12H14N4O.2C2HF3O2/c1-15-9-16(8-11(15)12(17)14-13)7-10-5-3-2-4-6-10;2*3-2(4,5)1(6)7/h2-6,8-9H,7,13H2,1H3;2*(H,6,7). The molecule has 9 nitrogen and oxygen atoms in total. The van der Waals surface area contributed by atoms with Crippen LogP contribution >= 0.6 is 0 Å². The Hall–Kier alpha value is -3.62. The van der Waals surface area contributed by atoms with Crippen LogP contribution in [0.25, 0.3) is 0 Å². The summed E-state index contributed by atoms with van der Waals surface area (Å²) in [5.41, 5.74) is 4.17. The fourth-order valence-corrected chi connectivity index (χ4v) is 1.76. The largest absolute Gasteiger partial charge is 0.542 e. The number of rotatable bonds is 3.